The highest BCUT2D eigenvalue weighted by Crippen LogP contribution is 2.37. The molecule has 0 bridgehead atoms. The molecule has 1 fully saturated rings. The summed E-state index contributed by atoms with van der Waals surface area (Å²) in [7, 11) is 2.29. The van der Waals surface area contributed by atoms with Crippen molar-refractivity contribution in [2.45, 2.75) is 68.1 Å². The monoisotopic (exact) mass is 397 g/mol. The Labute approximate surface area is 158 Å². The summed E-state index contributed by atoms with van der Waals surface area (Å²) in [4.78, 5) is 4.68. The fourth-order valence-corrected chi connectivity index (χ4v) is 9.21. The first-order valence-electron chi connectivity index (χ1n) is 8.95. The van der Waals surface area contributed by atoms with Crippen molar-refractivity contribution in [1.82, 2.24) is 4.98 Å². The molecule has 0 amide bonds. The average molecular weight is 398 g/mol. The van der Waals surface area contributed by atoms with E-state index < -0.39 is 8.32 Å². The molecule has 0 spiro atoms. The second-order valence-corrected chi connectivity index (χ2v) is 15.0. The number of benzene rings is 1. The van der Waals surface area contributed by atoms with Crippen LogP contribution in [0.2, 0.25) is 19.1 Å². The largest absolute Gasteiger partial charge is 0.414 e. The Bertz CT molecular complexity index is 607. The van der Waals surface area contributed by atoms with Gasteiger partial charge in [-0.1, -0.05) is 42.2 Å². The van der Waals surface area contributed by atoms with E-state index in [1.807, 2.05) is 21.6 Å². The Morgan fingerprint density at radius 2 is 2.00 bits per heavy atom. The molecule has 1 aliphatic rings. The van der Waals surface area contributed by atoms with Crippen molar-refractivity contribution in [1.29, 1.82) is 0 Å². The number of aromatic nitrogens is 1. The number of fused-ring (bicyclic) bond motifs is 1. The van der Waals surface area contributed by atoms with E-state index in [0.29, 0.717) is 6.10 Å². The maximum atomic E-state index is 6.50. The average Bonchev–Trinajstić information content (AvgIpc) is 2.97. The third-order valence-electron chi connectivity index (χ3n) is 4.45. The van der Waals surface area contributed by atoms with Crippen LogP contribution in [0.1, 0.15) is 38.5 Å². The van der Waals surface area contributed by atoms with E-state index in [1.165, 1.54) is 59.4 Å². The zero-order valence-corrected chi connectivity index (χ0v) is 18.1. The molecule has 2 nitrogen and oxygen atoms in total. The van der Waals surface area contributed by atoms with Gasteiger partial charge in [0.2, 0.25) is 0 Å². The van der Waals surface area contributed by atoms with E-state index in [1.54, 1.807) is 11.3 Å². The lowest BCUT2D eigenvalue weighted by Crippen LogP contribution is -2.36. The molecular formula is C18H27NOS3Si. The summed E-state index contributed by atoms with van der Waals surface area (Å²) in [5.74, 6) is 1.19. The van der Waals surface area contributed by atoms with Crippen LogP contribution >= 0.6 is 32.9 Å². The van der Waals surface area contributed by atoms with Crippen molar-refractivity contribution >= 4 is 51.5 Å². The molecular weight excluding hydrogens is 370 g/mol. The molecule has 24 heavy (non-hydrogen) atoms. The minimum absolute atomic E-state index is 0.560. The molecule has 0 N–H and O–H groups in total. The minimum atomic E-state index is -1.48. The fourth-order valence-electron chi connectivity index (χ4n) is 3.23. The van der Waals surface area contributed by atoms with Crippen molar-refractivity contribution in [3.63, 3.8) is 0 Å². The van der Waals surface area contributed by atoms with Gasteiger partial charge in [0.1, 0.15) is 0 Å². The lowest BCUT2D eigenvalue weighted by Gasteiger charge is -2.31. The van der Waals surface area contributed by atoms with Gasteiger partial charge in [0.25, 0.3) is 0 Å². The number of hydrogen-bond acceptors (Lipinski definition) is 5. The quantitative estimate of drug-likeness (QED) is 0.272. The number of thiazole rings is 1. The summed E-state index contributed by atoms with van der Waals surface area (Å²) in [5, 5.41) is 0. The molecule has 1 aromatic heterocycles. The molecule has 1 saturated carbocycles. The minimum Gasteiger partial charge on any atom is -0.414 e. The number of nitrogens with zero attached hydrogens (tertiary/aromatic N) is 1. The van der Waals surface area contributed by atoms with Crippen LogP contribution in [0.25, 0.3) is 10.2 Å². The van der Waals surface area contributed by atoms with Gasteiger partial charge in [-0.25, -0.2) is 4.98 Å². The number of hydrogen-bond donors (Lipinski definition) is 0. The molecule has 1 aliphatic carbocycles. The fraction of sp³-hybridized carbons (Fsp3) is 0.611. The maximum Gasteiger partial charge on any atom is 0.187 e. The molecule has 2 aromatic rings. The second-order valence-electron chi connectivity index (χ2n) is 7.09. The van der Waals surface area contributed by atoms with Crippen molar-refractivity contribution < 1.29 is 4.43 Å². The van der Waals surface area contributed by atoms with Crippen molar-refractivity contribution in [3.05, 3.63) is 24.3 Å². The van der Waals surface area contributed by atoms with Gasteiger partial charge >= 0.3 is 0 Å². The van der Waals surface area contributed by atoms with E-state index in [-0.39, 0.29) is 0 Å². The van der Waals surface area contributed by atoms with Crippen LogP contribution in [-0.4, -0.2) is 25.2 Å². The smallest absolute Gasteiger partial charge is 0.187 e. The van der Waals surface area contributed by atoms with Gasteiger partial charge in [-0.15, -0.1) is 11.3 Å². The first-order chi connectivity index (χ1) is 11.6. The Hall–Kier alpha value is -0.0131. The molecule has 3 rings (SSSR count). The summed E-state index contributed by atoms with van der Waals surface area (Å²) in [6, 6.07) is 9.66. The predicted octanol–water partition coefficient (Wildman–Crippen LogP) is 6.98. The second kappa shape index (κ2) is 9.08. The highest BCUT2D eigenvalue weighted by molar-refractivity contribution is 8.77. The summed E-state index contributed by atoms with van der Waals surface area (Å²) in [6.45, 7) is 4.79. The SMILES string of the molecule is C[Si](C)(CCCSSc1nc2ccccc2s1)OC1CCCCC1. The van der Waals surface area contributed by atoms with E-state index >= 15 is 0 Å². The molecule has 0 atom stereocenters. The third-order valence-corrected chi connectivity index (χ3v) is 10.8. The van der Waals surface area contributed by atoms with Gasteiger partial charge in [0.05, 0.1) is 10.2 Å². The zero-order valence-electron chi connectivity index (χ0n) is 14.6. The molecule has 0 aliphatic heterocycles. The Kier molecular flexibility index (Phi) is 7.10. The first-order valence-corrected chi connectivity index (χ1v) is 15.2. The topological polar surface area (TPSA) is 22.1 Å². The van der Waals surface area contributed by atoms with Gasteiger partial charge in [-0.3, -0.25) is 0 Å². The van der Waals surface area contributed by atoms with Crippen LogP contribution in [0.15, 0.2) is 28.6 Å². The van der Waals surface area contributed by atoms with Gasteiger partial charge in [-0.05, 0) is 61.3 Å². The van der Waals surface area contributed by atoms with Crippen LogP contribution < -0.4 is 0 Å². The van der Waals surface area contributed by atoms with Crippen LogP contribution in [-0.2, 0) is 4.43 Å². The Morgan fingerprint density at radius 3 is 2.79 bits per heavy atom. The maximum absolute atomic E-state index is 6.50. The lowest BCUT2D eigenvalue weighted by molar-refractivity contribution is 0.145. The van der Waals surface area contributed by atoms with E-state index in [9.17, 15) is 0 Å². The third kappa shape index (κ3) is 5.76. The van der Waals surface area contributed by atoms with E-state index in [2.05, 4.69) is 42.3 Å². The highest BCUT2D eigenvalue weighted by Gasteiger charge is 2.27. The molecule has 0 unspecified atom stereocenters. The molecule has 1 heterocycles. The van der Waals surface area contributed by atoms with Gasteiger partial charge in [0, 0.05) is 11.9 Å². The highest BCUT2D eigenvalue weighted by atomic mass is 33.1. The summed E-state index contributed by atoms with van der Waals surface area (Å²) < 4.78 is 8.96. The first kappa shape index (κ1) is 18.8. The van der Waals surface area contributed by atoms with E-state index in [0.717, 1.165) is 5.52 Å². The summed E-state index contributed by atoms with van der Waals surface area (Å²) in [5.41, 5.74) is 1.13. The van der Waals surface area contributed by atoms with E-state index in [4.69, 9.17) is 4.43 Å². The molecule has 0 saturated heterocycles. The predicted molar refractivity (Wildman–Crippen MR) is 113 cm³/mol. The van der Waals surface area contributed by atoms with Crippen LogP contribution in [0, 0.1) is 0 Å². The summed E-state index contributed by atoms with van der Waals surface area (Å²) >= 11 is 1.80. The van der Waals surface area contributed by atoms with Crippen molar-refractivity contribution in [3.8, 4) is 0 Å². The van der Waals surface area contributed by atoms with Gasteiger partial charge < -0.3 is 4.43 Å². The van der Waals surface area contributed by atoms with Gasteiger partial charge in [0.15, 0.2) is 12.7 Å². The zero-order chi connectivity index (χ0) is 16.8. The van der Waals surface area contributed by atoms with Gasteiger partial charge in [-0.2, -0.15) is 0 Å². The van der Waals surface area contributed by atoms with Crippen LogP contribution in [0.4, 0.5) is 0 Å². The normalized spacial score (nSPS) is 16.8. The van der Waals surface area contributed by atoms with Crippen molar-refractivity contribution in [2.24, 2.45) is 0 Å². The Balaban J connectivity index is 1.35. The molecule has 1 aromatic carbocycles. The van der Waals surface area contributed by atoms with Crippen LogP contribution in [0.5, 0.6) is 0 Å². The van der Waals surface area contributed by atoms with Crippen molar-refractivity contribution in [2.75, 3.05) is 5.75 Å². The number of rotatable bonds is 8. The standard InChI is InChI=1S/C18H27NOS3Si/c1-24(2,20-15-9-4-3-5-10-15)14-8-13-21-23-18-19-16-11-6-7-12-17(16)22-18/h6-7,11-12,15H,3-5,8-10,13-14H2,1-2H3. The molecule has 132 valence electrons. The molecule has 0 radical (unpaired) electrons. The van der Waals surface area contributed by atoms with Crippen LogP contribution in [0.3, 0.4) is 0 Å². The Morgan fingerprint density at radius 1 is 1.21 bits per heavy atom. The molecule has 6 heteroatoms. The summed E-state index contributed by atoms with van der Waals surface area (Å²) in [6.07, 6.45) is 8.53. The number of para-hydroxylation sites is 1. The lowest BCUT2D eigenvalue weighted by atomic mass is 9.98.